The Morgan fingerprint density at radius 2 is 2.03 bits per heavy atom. The molecule has 6 nitrogen and oxygen atoms in total. The fourth-order valence-electron chi connectivity index (χ4n) is 2.98. The van der Waals surface area contributed by atoms with Crippen molar-refractivity contribution < 1.29 is 31.5 Å². The highest BCUT2D eigenvalue weighted by molar-refractivity contribution is 6.30. The third-order valence-corrected chi connectivity index (χ3v) is 4.47. The zero-order chi connectivity index (χ0) is 20.9. The summed E-state index contributed by atoms with van der Waals surface area (Å²) in [6.07, 6.45) is -6.10. The average Bonchev–Trinajstić information content (AvgIpc) is 3.18. The van der Waals surface area contributed by atoms with E-state index in [0.717, 1.165) is 12.1 Å². The van der Waals surface area contributed by atoms with Crippen LogP contribution in [-0.2, 0) is 13.1 Å². The summed E-state index contributed by atoms with van der Waals surface area (Å²) >= 11 is 5.86. The van der Waals surface area contributed by atoms with Gasteiger partial charge in [0.15, 0.2) is 5.65 Å². The number of alkyl halides is 4. The Labute approximate surface area is 164 Å². The van der Waals surface area contributed by atoms with E-state index in [1.807, 2.05) is 0 Å². The topological polar surface area (TPSA) is 59.7 Å². The number of nitrogens with zero attached hydrogens (tertiary/aromatic N) is 4. The maximum atomic E-state index is 13.5. The molecule has 0 unspecified atom stereocenters. The number of hydrogen-bond donors (Lipinski definition) is 0. The molecule has 0 radical (unpaired) electrons. The van der Waals surface area contributed by atoms with Crippen molar-refractivity contribution in [3.8, 4) is 5.75 Å². The number of aromatic nitrogens is 3. The molecule has 0 saturated heterocycles. The summed E-state index contributed by atoms with van der Waals surface area (Å²) in [4.78, 5) is 18.2. The molecule has 12 heteroatoms. The average molecular weight is 433 g/mol. The molecule has 3 heterocycles. The van der Waals surface area contributed by atoms with Crippen LogP contribution < -0.4 is 4.74 Å². The number of benzene rings is 1. The smallest absolute Gasteiger partial charge is 0.427 e. The SMILES string of the molecule is O=C(c1ccc(F)cc1OC(F)(F)C(F)F)N1Cc2nn3cc(Cl)cnc3c2C1. The van der Waals surface area contributed by atoms with Gasteiger partial charge in [-0.05, 0) is 12.1 Å². The normalized spacial score (nSPS) is 14.0. The summed E-state index contributed by atoms with van der Waals surface area (Å²) in [6.45, 7) is 0.0472. The minimum atomic E-state index is -4.89. The minimum Gasteiger partial charge on any atom is -0.427 e. The van der Waals surface area contributed by atoms with E-state index >= 15 is 0 Å². The van der Waals surface area contributed by atoms with Crippen LogP contribution in [-0.4, -0.2) is 37.9 Å². The molecular weight excluding hydrogens is 423 g/mol. The molecule has 1 aromatic carbocycles. The maximum Gasteiger partial charge on any atom is 0.461 e. The minimum absolute atomic E-state index is 0.0111. The van der Waals surface area contributed by atoms with Crippen molar-refractivity contribution in [3.63, 3.8) is 0 Å². The number of carbonyl (C=O) groups is 1. The number of fused-ring (bicyclic) bond motifs is 3. The van der Waals surface area contributed by atoms with Gasteiger partial charge in [0.05, 0.1) is 35.6 Å². The monoisotopic (exact) mass is 432 g/mol. The first-order valence-corrected chi connectivity index (χ1v) is 8.49. The first-order valence-electron chi connectivity index (χ1n) is 8.11. The highest BCUT2D eigenvalue weighted by Crippen LogP contribution is 2.33. The number of hydrogen-bond acceptors (Lipinski definition) is 4. The number of halogens is 6. The van der Waals surface area contributed by atoms with Gasteiger partial charge in [0.2, 0.25) is 0 Å². The summed E-state index contributed by atoms with van der Waals surface area (Å²) < 4.78 is 70.4. The van der Waals surface area contributed by atoms with Gasteiger partial charge in [-0.25, -0.2) is 13.9 Å². The van der Waals surface area contributed by atoms with Gasteiger partial charge < -0.3 is 9.64 Å². The molecule has 29 heavy (non-hydrogen) atoms. The van der Waals surface area contributed by atoms with Gasteiger partial charge in [-0.3, -0.25) is 4.79 Å². The second kappa shape index (κ2) is 6.83. The van der Waals surface area contributed by atoms with Crippen molar-refractivity contribution in [1.82, 2.24) is 19.5 Å². The summed E-state index contributed by atoms with van der Waals surface area (Å²) in [6, 6.07) is 2.20. The highest BCUT2D eigenvalue weighted by atomic mass is 35.5. The quantitative estimate of drug-likeness (QED) is 0.586. The van der Waals surface area contributed by atoms with Crippen molar-refractivity contribution in [2.45, 2.75) is 25.6 Å². The van der Waals surface area contributed by atoms with E-state index < -0.39 is 35.6 Å². The second-order valence-electron chi connectivity index (χ2n) is 6.23. The van der Waals surface area contributed by atoms with E-state index in [2.05, 4.69) is 14.8 Å². The molecule has 0 fully saturated rings. The Hall–Kier alpha value is -2.95. The summed E-state index contributed by atoms with van der Waals surface area (Å²) in [5, 5.41) is 4.63. The molecule has 1 aliphatic rings. The van der Waals surface area contributed by atoms with Crippen LogP contribution in [0.15, 0.2) is 30.6 Å². The molecule has 0 aliphatic carbocycles. The fraction of sp³-hybridized carbons (Fsp3) is 0.235. The highest BCUT2D eigenvalue weighted by Gasteiger charge is 2.45. The Bertz CT molecular complexity index is 1120. The molecule has 0 atom stereocenters. The van der Waals surface area contributed by atoms with Gasteiger partial charge >= 0.3 is 12.5 Å². The van der Waals surface area contributed by atoms with Gasteiger partial charge in [0, 0.05) is 17.8 Å². The van der Waals surface area contributed by atoms with Gasteiger partial charge in [-0.15, -0.1) is 0 Å². The first-order chi connectivity index (χ1) is 13.7. The molecule has 0 saturated carbocycles. The van der Waals surface area contributed by atoms with E-state index in [1.54, 1.807) is 0 Å². The van der Waals surface area contributed by atoms with Crippen LogP contribution in [0.5, 0.6) is 5.75 Å². The molecule has 152 valence electrons. The largest absolute Gasteiger partial charge is 0.461 e. The maximum absolute atomic E-state index is 13.5. The molecule has 1 aliphatic heterocycles. The number of carbonyl (C=O) groups excluding carboxylic acids is 1. The zero-order valence-corrected chi connectivity index (χ0v) is 15.0. The lowest BCUT2D eigenvalue weighted by Gasteiger charge is -2.21. The van der Waals surface area contributed by atoms with Crippen LogP contribution in [0.3, 0.4) is 0 Å². The predicted molar refractivity (Wildman–Crippen MR) is 89.6 cm³/mol. The number of rotatable bonds is 4. The summed E-state index contributed by atoms with van der Waals surface area (Å²) in [5.41, 5.74) is 1.11. The van der Waals surface area contributed by atoms with E-state index in [0.29, 0.717) is 28.0 Å². The van der Waals surface area contributed by atoms with Crippen LogP contribution >= 0.6 is 11.6 Å². The van der Waals surface area contributed by atoms with Gasteiger partial charge in [0.25, 0.3) is 5.91 Å². The van der Waals surface area contributed by atoms with E-state index in [9.17, 15) is 26.7 Å². The molecule has 3 aromatic rings. The summed E-state index contributed by atoms with van der Waals surface area (Å²) in [5.74, 6) is -2.82. The van der Waals surface area contributed by atoms with Gasteiger partial charge in [-0.2, -0.15) is 22.7 Å². The lowest BCUT2D eigenvalue weighted by molar-refractivity contribution is -0.253. The van der Waals surface area contributed by atoms with Crippen LogP contribution in [0.1, 0.15) is 21.6 Å². The summed E-state index contributed by atoms with van der Waals surface area (Å²) in [7, 11) is 0. The third kappa shape index (κ3) is 3.46. The molecule has 4 rings (SSSR count). The van der Waals surface area contributed by atoms with Crippen LogP contribution in [0.2, 0.25) is 5.02 Å². The van der Waals surface area contributed by atoms with E-state index in [-0.39, 0.29) is 13.1 Å². The lowest BCUT2D eigenvalue weighted by atomic mass is 10.1. The zero-order valence-electron chi connectivity index (χ0n) is 14.3. The molecule has 2 aromatic heterocycles. The van der Waals surface area contributed by atoms with Crippen molar-refractivity contribution in [3.05, 3.63) is 58.3 Å². The molecule has 0 bridgehead atoms. The third-order valence-electron chi connectivity index (χ3n) is 4.27. The van der Waals surface area contributed by atoms with E-state index in [4.69, 9.17) is 11.6 Å². The van der Waals surface area contributed by atoms with Gasteiger partial charge in [0.1, 0.15) is 11.6 Å². The molecule has 1 amide bonds. The molecule has 0 N–H and O–H groups in total. The Kier molecular flexibility index (Phi) is 4.56. The second-order valence-corrected chi connectivity index (χ2v) is 6.67. The number of amides is 1. The van der Waals surface area contributed by atoms with E-state index in [1.165, 1.54) is 21.8 Å². The Balaban J connectivity index is 1.63. The fourth-order valence-corrected chi connectivity index (χ4v) is 3.13. The van der Waals surface area contributed by atoms with Crippen molar-refractivity contribution in [1.29, 1.82) is 0 Å². The standard InChI is InChI=1S/C17H10ClF5N4O2/c18-8-4-24-14-11-6-26(7-12(11)25-27(14)5-8)15(28)10-2-1-9(19)3-13(10)29-17(22,23)16(20)21/h1-5,16H,6-7H2. The first kappa shape index (κ1) is 19.4. The van der Waals surface area contributed by atoms with Crippen LogP contribution in [0.4, 0.5) is 22.0 Å². The Morgan fingerprint density at radius 3 is 2.76 bits per heavy atom. The van der Waals surface area contributed by atoms with Crippen LogP contribution in [0, 0.1) is 5.82 Å². The Morgan fingerprint density at radius 1 is 1.28 bits per heavy atom. The van der Waals surface area contributed by atoms with Crippen molar-refractivity contribution >= 4 is 23.2 Å². The molecular formula is C17H10ClF5N4O2. The van der Waals surface area contributed by atoms with Crippen molar-refractivity contribution in [2.75, 3.05) is 0 Å². The lowest BCUT2D eigenvalue weighted by Crippen LogP contribution is -2.35. The molecule has 0 spiro atoms. The van der Waals surface area contributed by atoms with Crippen molar-refractivity contribution in [2.24, 2.45) is 0 Å². The van der Waals surface area contributed by atoms with Gasteiger partial charge in [-0.1, -0.05) is 11.6 Å². The predicted octanol–water partition coefficient (Wildman–Crippen LogP) is 3.91. The number of ether oxygens (including phenoxy) is 1. The van der Waals surface area contributed by atoms with Crippen LogP contribution in [0.25, 0.3) is 5.65 Å².